The van der Waals surface area contributed by atoms with Crippen LogP contribution >= 0.6 is 0 Å². The summed E-state index contributed by atoms with van der Waals surface area (Å²) < 4.78 is 5.02. The van der Waals surface area contributed by atoms with E-state index in [4.69, 9.17) is 4.74 Å². The van der Waals surface area contributed by atoms with Crippen LogP contribution in [0.4, 0.5) is 10.5 Å². The van der Waals surface area contributed by atoms with Gasteiger partial charge in [0.1, 0.15) is 5.69 Å². The number of aromatic nitrogens is 1. The SMILES string of the molecule is CCOC(=O)N1CCN(c2ccc(C(=O)NC(C)(C)C)nc2)CC1. The molecule has 132 valence electrons. The summed E-state index contributed by atoms with van der Waals surface area (Å²) in [4.78, 5) is 31.9. The predicted molar refractivity (Wildman–Crippen MR) is 92.3 cm³/mol. The molecule has 1 saturated heterocycles. The lowest BCUT2D eigenvalue weighted by atomic mass is 10.1. The molecule has 0 radical (unpaired) electrons. The molecule has 1 N–H and O–H groups in total. The third-order valence-electron chi connectivity index (χ3n) is 3.64. The Morgan fingerprint density at radius 1 is 1.21 bits per heavy atom. The van der Waals surface area contributed by atoms with Crippen molar-refractivity contribution in [3.8, 4) is 0 Å². The number of carbonyl (C=O) groups is 2. The molecule has 0 aromatic carbocycles. The van der Waals surface area contributed by atoms with Crippen LogP contribution in [0.25, 0.3) is 0 Å². The van der Waals surface area contributed by atoms with Crippen LogP contribution in [0.2, 0.25) is 0 Å². The molecule has 0 saturated carbocycles. The molecule has 2 heterocycles. The van der Waals surface area contributed by atoms with Gasteiger partial charge in [0.2, 0.25) is 0 Å². The first kappa shape index (κ1) is 18.0. The van der Waals surface area contributed by atoms with Gasteiger partial charge in [-0.15, -0.1) is 0 Å². The van der Waals surface area contributed by atoms with E-state index in [1.807, 2.05) is 26.8 Å². The number of rotatable bonds is 3. The summed E-state index contributed by atoms with van der Waals surface area (Å²) >= 11 is 0. The summed E-state index contributed by atoms with van der Waals surface area (Å²) in [6.07, 6.45) is 1.45. The second-order valence-electron chi connectivity index (χ2n) is 6.78. The standard InChI is InChI=1S/C17H26N4O3/c1-5-24-16(23)21-10-8-20(9-11-21)13-6-7-14(18-12-13)15(22)19-17(2,3)4/h6-7,12H,5,8-11H2,1-4H3,(H,19,22). The van der Waals surface area contributed by atoms with Crippen LogP contribution in [-0.2, 0) is 4.74 Å². The van der Waals surface area contributed by atoms with Gasteiger partial charge in [-0.05, 0) is 39.8 Å². The van der Waals surface area contributed by atoms with Crippen molar-refractivity contribution in [2.24, 2.45) is 0 Å². The average Bonchev–Trinajstić information content (AvgIpc) is 2.54. The van der Waals surface area contributed by atoms with Crippen molar-refractivity contribution < 1.29 is 14.3 Å². The molecule has 1 aliphatic heterocycles. The third kappa shape index (κ3) is 4.84. The molecule has 0 atom stereocenters. The van der Waals surface area contributed by atoms with Crippen molar-refractivity contribution >= 4 is 17.7 Å². The number of pyridine rings is 1. The van der Waals surface area contributed by atoms with E-state index in [9.17, 15) is 9.59 Å². The normalized spacial score (nSPS) is 15.2. The van der Waals surface area contributed by atoms with Crippen LogP contribution < -0.4 is 10.2 Å². The van der Waals surface area contributed by atoms with Crippen LogP contribution in [0.3, 0.4) is 0 Å². The number of carbonyl (C=O) groups excluding carboxylic acids is 2. The molecule has 1 aromatic heterocycles. The number of hydrogen-bond donors (Lipinski definition) is 1. The van der Waals surface area contributed by atoms with E-state index in [-0.39, 0.29) is 17.5 Å². The zero-order chi connectivity index (χ0) is 17.7. The van der Waals surface area contributed by atoms with Crippen molar-refractivity contribution in [1.82, 2.24) is 15.2 Å². The fourth-order valence-electron chi connectivity index (χ4n) is 2.47. The maximum atomic E-state index is 12.1. The number of anilines is 1. The highest BCUT2D eigenvalue weighted by molar-refractivity contribution is 5.92. The number of nitrogens with one attached hydrogen (secondary N) is 1. The van der Waals surface area contributed by atoms with E-state index < -0.39 is 0 Å². The van der Waals surface area contributed by atoms with Gasteiger partial charge >= 0.3 is 6.09 Å². The first-order valence-electron chi connectivity index (χ1n) is 8.25. The Morgan fingerprint density at radius 2 is 1.88 bits per heavy atom. The Kier molecular flexibility index (Phi) is 5.64. The van der Waals surface area contributed by atoms with Crippen LogP contribution in [0, 0.1) is 0 Å². The van der Waals surface area contributed by atoms with Crippen LogP contribution in [0.15, 0.2) is 18.3 Å². The molecule has 24 heavy (non-hydrogen) atoms. The van der Waals surface area contributed by atoms with Crippen molar-refractivity contribution in [2.75, 3.05) is 37.7 Å². The molecule has 1 aliphatic rings. The highest BCUT2D eigenvalue weighted by Crippen LogP contribution is 2.16. The molecule has 1 aromatic rings. The van der Waals surface area contributed by atoms with Crippen LogP contribution in [0.1, 0.15) is 38.2 Å². The first-order chi connectivity index (χ1) is 11.3. The lowest BCUT2D eigenvalue weighted by Gasteiger charge is -2.35. The van der Waals surface area contributed by atoms with Crippen molar-refractivity contribution in [2.45, 2.75) is 33.2 Å². The van der Waals surface area contributed by atoms with Crippen molar-refractivity contribution in [3.05, 3.63) is 24.0 Å². The smallest absolute Gasteiger partial charge is 0.409 e. The van der Waals surface area contributed by atoms with Crippen LogP contribution in [-0.4, -0.2) is 60.2 Å². The Balaban J connectivity index is 1.93. The molecule has 2 rings (SSSR count). The predicted octanol–water partition coefficient (Wildman–Crippen LogP) is 1.89. The van der Waals surface area contributed by atoms with Crippen LogP contribution in [0.5, 0.6) is 0 Å². The van der Waals surface area contributed by atoms with E-state index in [0.29, 0.717) is 38.5 Å². The molecule has 1 fully saturated rings. The number of ether oxygens (including phenoxy) is 1. The Morgan fingerprint density at radius 3 is 2.38 bits per heavy atom. The molecule has 0 spiro atoms. The van der Waals surface area contributed by atoms with Gasteiger partial charge in [-0.1, -0.05) is 0 Å². The average molecular weight is 334 g/mol. The molecule has 7 nitrogen and oxygen atoms in total. The molecule has 0 aliphatic carbocycles. The fraction of sp³-hybridized carbons (Fsp3) is 0.588. The lowest BCUT2D eigenvalue weighted by molar-refractivity contribution is 0.0913. The quantitative estimate of drug-likeness (QED) is 0.914. The second-order valence-corrected chi connectivity index (χ2v) is 6.78. The highest BCUT2D eigenvalue weighted by atomic mass is 16.6. The van der Waals surface area contributed by atoms with E-state index in [2.05, 4.69) is 15.2 Å². The summed E-state index contributed by atoms with van der Waals surface area (Å²) in [7, 11) is 0. The first-order valence-corrected chi connectivity index (χ1v) is 8.25. The molecule has 7 heteroatoms. The van der Waals surface area contributed by atoms with E-state index in [1.54, 1.807) is 24.1 Å². The summed E-state index contributed by atoms with van der Waals surface area (Å²) in [5.41, 5.74) is 1.06. The zero-order valence-corrected chi connectivity index (χ0v) is 14.8. The van der Waals surface area contributed by atoms with Gasteiger partial charge in [-0.2, -0.15) is 0 Å². The third-order valence-corrected chi connectivity index (χ3v) is 3.64. The minimum Gasteiger partial charge on any atom is -0.450 e. The van der Waals surface area contributed by atoms with Gasteiger partial charge in [-0.3, -0.25) is 4.79 Å². The zero-order valence-electron chi connectivity index (χ0n) is 14.8. The molecular weight excluding hydrogens is 308 g/mol. The van der Waals surface area contributed by atoms with Gasteiger partial charge in [-0.25, -0.2) is 9.78 Å². The monoisotopic (exact) mass is 334 g/mol. The lowest BCUT2D eigenvalue weighted by Crippen LogP contribution is -2.49. The maximum absolute atomic E-state index is 12.1. The Labute approximate surface area is 143 Å². The molecule has 2 amide bonds. The second kappa shape index (κ2) is 7.51. The molecule has 0 bridgehead atoms. The minimum absolute atomic E-state index is 0.179. The van der Waals surface area contributed by atoms with Crippen molar-refractivity contribution in [3.63, 3.8) is 0 Å². The van der Waals surface area contributed by atoms with E-state index >= 15 is 0 Å². The summed E-state index contributed by atoms with van der Waals surface area (Å²) in [6, 6.07) is 3.62. The molecular formula is C17H26N4O3. The van der Waals surface area contributed by atoms with Gasteiger partial charge in [0.05, 0.1) is 18.5 Å². The maximum Gasteiger partial charge on any atom is 0.409 e. The molecule has 0 unspecified atom stereocenters. The van der Waals surface area contributed by atoms with Gasteiger partial charge < -0.3 is 19.9 Å². The fourth-order valence-corrected chi connectivity index (χ4v) is 2.47. The van der Waals surface area contributed by atoms with Gasteiger partial charge in [0.15, 0.2) is 0 Å². The number of piperazine rings is 1. The number of amides is 2. The Hall–Kier alpha value is -2.31. The topological polar surface area (TPSA) is 74.8 Å². The number of nitrogens with zero attached hydrogens (tertiary/aromatic N) is 3. The number of hydrogen-bond acceptors (Lipinski definition) is 5. The summed E-state index contributed by atoms with van der Waals surface area (Å²) in [5.74, 6) is -0.179. The van der Waals surface area contributed by atoms with E-state index in [0.717, 1.165) is 5.69 Å². The van der Waals surface area contributed by atoms with Gasteiger partial charge in [0, 0.05) is 31.7 Å². The summed E-state index contributed by atoms with van der Waals surface area (Å²) in [6.45, 7) is 10.7. The van der Waals surface area contributed by atoms with Gasteiger partial charge in [0.25, 0.3) is 5.91 Å². The van der Waals surface area contributed by atoms with E-state index in [1.165, 1.54) is 0 Å². The highest BCUT2D eigenvalue weighted by Gasteiger charge is 2.22. The Bertz CT molecular complexity index is 572. The minimum atomic E-state index is -0.291. The summed E-state index contributed by atoms with van der Waals surface area (Å²) in [5, 5.41) is 2.89. The van der Waals surface area contributed by atoms with Crippen molar-refractivity contribution in [1.29, 1.82) is 0 Å². The largest absolute Gasteiger partial charge is 0.450 e.